The third-order valence-electron chi connectivity index (χ3n) is 4.29. The van der Waals surface area contributed by atoms with Gasteiger partial charge in [0, 0.05) is 6.07 Å². The molecule has 152 valence electrons. The molecule has 0 bridgehead atoms. The number of phenolic OH excluding ortho intramolecular Hbond substituents is 1. The van der Waals surface area contributed by atoms with Crippen molar-refractivity contribution >= 4 is 38.4 Å². The predicted molar refractivity (Wildman–Crippen MR) is 115 cm³/mol. The van der Waals surface area contributed by atoms with Crippen LogP contribution in [0.25, 0.3) is 11.0 Å². The van der Waals surface area contributed by atoms with Crippen LogP contribution in [-0.2, 0) is 10.0 Å². The van der Waals surface area contributed by atoms with Crippen LogP contribution in [0.2, 0.25) is 0 Å². The molecule has 4 rings (SSSR count). The lowest BCUT2D eigenvalue weighted by molar-refractivity contribution is 0.414. The highest BCUT2D eigenvalue weighted by Crippen LogP contribution is 2.33. The second kappa shape index (κ2) is 7.88. The molecule has 0 saturated carbocycles. The number of fused-ring (bicyclic) bond motifs is 1. The maximum atomic E-state index is 12.8. The van der Waals surface area contributed by atoms with Crippen LogP contribution < -0.4 is 14.8 Å². The van der Waals surface area contributed by atoms with E-state index in [-0.39, 0.29) is 22.3 Å². The molecule has 0 aliphatic heterocycles. The smallest absolute Gasteiger partial charge is 0.263 e. The van der Waals surface area contributed by atoms with Gasteiger partial charge < -0.3 is 15.2 Å². The van der Waals surface area contributed by atoms with Crippen molar-refractivity contribution in [1.82, 2.24) is 9.97 Å². The van der Waals surface area contributed by atoms with Gasteiger partial charge >= 0.3 is 0 Å². The van der Waals surface area contributed by atoms with Gasteiger partial charge in [-0.15, -0.1) is 0 Å². The number of nitrogens with zero attached hydrogens (tertiary/aromatic N) is 2. The molecule has 0 aliphatic rings. The first-order valence-electron chi connectivity index (χ1n) is 8.95. The monoisotopic (exact) mass is 422 g/mol. The molecule has 0 spiro atoms. The topological polar surface area (TPSA) is 113 Å². The summed E-state index contributed by atoms with van der Waals surface area (Å²) >= 11 is 0. The van der Waals surface area contributed by atoms with Crippen molar-refractivity contribution in [3.05, 3.63) is 72.8 Å². The molecule has 8 nitrogen and oxygen atoms in total. The standard InChI is InChI=1S/C21H18N4O4S/c1-29-19-12-11-14(26)13-18(19)24-20-21(23-17-10-6-5-9-16(17)22-20)25-30(27,28)15-7-3-2-4-8-15/h2-13,26H,1H3,(H,22,24)(H,23,25). The van der Waals surface area contributed by atoms with E-state index in [4.69, 9.17) is 4.74 Å². The summed E-state index contributed by atoms with van der Waals surface area (Å²) < 4.78 is 33.5. The summed E-state index contributed by atoms with van der Waals surface area (Å²) in [5.41, 5.74) is 1.50. The number of benzene rings is 3. The first kappa shape index (κ1) is 19.5. The third-order valence-corrected chi connectivity index (χ3v) is 5.65. The van der Waals surface area contributed by atoms with Crippen molar-refractivity contribution in [3.63, 3.8) is 0 Å². The van der Waals surface area contributed by atoms with Gasteiger partial charge in [-0.05, 0) is 36.4 Å². The second-order valence-corrected chi connectivity index (χ2v) is 8.02. The first-order valence-corrected chi connectivity index (χ1v) is 10.4. The Kier molecular flexibility index (Phi) is 5.11. The minimum Gasteiger partial charge on any atom is -0.508 e. The number of methoxy groups -OCH3 is 1. The van der Waals surface area contributed by atoms with Crippen LogP contribution in [0.15, 0.2) is 77.7 Å². The SMILES string of the molecule is COc1ccc(O)cc1Nc1nc2ccccc2nc1NS(=O)(=O)c1ccccc1. The van der Waals surface area contributed by atoms with Crippen LogP contribution in [0, 0.1) is 0 Å². The zero-order chi connectivity index (χ0) is 21.1. The van der Waals surface area contributed by atoms with E-state index in [2.05, 4.69) is 20.0 Å². The second-order valence-electron chi connectivity index (χ2n) is 6.34. The average Bonchev–Trinajstić information content (AvgIpc) is 2.75. The van der Waals surface area contributed by atoms with E-state index in [0.717, 1.165) is 0 Å². The predicted octanol–water partition coefficient (Wildman–Crippen LogP) is 3.89. The van der Waals surface area contributed by atoms with Crippen LogP contribution in [0.4, 0.5) is 17.3 Å². The van der Waals surface area contributed by atoms with Gasteiger partial charge in [0.05, 0.1) is 28.7 Å². The van der Waals surface area contributed by atoms with Crippen molar-refractivity contribution in [1.29, 1.82) is 0 Å². The average molecular weight is 422 g/mol. The van der Waals surface area contributed by atoms with Crippen molar-refractivity contribution in [2.24, 2.45) is 0 Å². The fourth-order valence-corrected chi connectivity index (χ4v) is 3.90. The van der Waals surface area contributed by atoms with Gasteiger partial charge in [0.1, 0.15) is 11.5 Å². The van der Waals surface area contributed by atoms with Crippen molar-refractivity contribution in [3.8, 4) is 11.5 Å². The number of ether oxygens (including phenoxy) is 1. The molecule has 0 fully saturated rings. The van der Waals surface area contributed by atoms with Gasteiger partial charge in [-0.2, -0.15) is 0 Å². The summed E-state index contributed by atoms with van der Waals surface area (Å²) in [6.45, 7) is 0. The molecule has 4 aromatic rings. The maximum absolute atomic E-state index is 12.8. The van der Waals surface area contributed by atoms with Crippen LogP contribution in [0.5, 0.6) is 11.5 Å². The molecular weight excluding hydrogens is 404 g/mol. The minimum atomic E-state index is -3.89. The summed E-state index contributed by atoms with van der Waals surface area (Å²) in [5, 5.41) is 12.9. The molecule has 0 radical (unpaired) electrons. The van der Waals surface area contributed by atoms with Gasteiger partial charge in [-0.25, -0.2) is 18.4 Å². The van der Waals surface area contributed by atoms with E-state index in [9.17, 15) is 13.5 Å². The van der Waals surface area contributed by atoms with Crippen molar-refractivity contribution < 1.29 is 18.3 Å². The molecule has 3 N–H and O–H groups in total. The molecule has 30 heavy (non-hydrogen) atoms. The Labute approximate surface area is 173 Å². The van der Waals surface area contributed by atoms with Gasteiger partial charge in [0.2, 0.25) is 0 Å². The first-order chi connectivity index (χ1) is 14.5. The number of anilines is 3. The van der Waals surface area contributed by atoms with E-state index in [1.54, 1.807) is 42.5 Å². The molecule has 1 heterocycles. The van der Waals surface area contributed by atoms with E-state index in [1.807, 2.05) is 6.07 Å². The highest BCUT2D eigenvalue weighted by molar-refractivity contribution is 7.92. The Bertz CT molecular complexity index is 1310. The number of rotatable bonds is 6. The number of aromatic hydroxyl groups is 1. The molecular formula is C21H18N4O4S. The zero-order valence-electron chi connectivity index (χ0n) is 15.9. The lowest BCUT2D eigenvalue weighted by Gasteiger charge is -2.15. The molecule has 0 aliphatic carbocycles. The summed E-state index contributed by atoms with van der Waals surface area (Å²) in [4.78, 5) is 9.05. The lowest BCUT2D eigenvalue weighted by atomic mass is 10.2. The quantitative estimate of drug-likeness (QED) is 0.432. The molecule has 0 atom stereocenters. The van der Waals surface area contributed by atoms with Gasteiger partial charge in [-0.1, -0.05) is 30.3 Å². The molecule has 0 amide bonds. The molecule has 0 unspecified atom stereocenters. The highest BCUT2D eigenvalue weighted by atomic mass is 32.2. The number of hydrogen-bond donors (Lipinski definition) is 3. The van der Waals surface area contributed by atoms with Crippen LogP contribution in [0.3, 0.4) is 0 Å². The zero-order valence-corrected chi connectivity index (χ0v) is 16.7. The maximum Gasteiger partial charge on any atom is 0.263 e. The van der Waals surface area contributed by atoms with Crippen molar-refractivity contribution in [2.75, 3.05) is 17.1 Å². The van der Waals surface area contributed by atoms with Crippen molar-refractivity contribution in [2.45, 2.75) is 4.90 Å². The van der Waals surface area contributed by atoms with E-state index in [1.165, 1.54) is 31.4 Å². The number of sulfonamides is 1. The van der Waals surface area contributed by atoms with Crippen LogP contribution >= 0.6 is 0 Å². The van der Waals surface area contributed by atoms with Crippen LogP contribution in [-0.4, -0.2) is 30.6 Å². The van der Waals surface area contributed by atoms with E-state index >= 15 is 0 Å². The molecule has 9 heteroatoms. The Balaban J connectivity index is 1.82. The molecule has 3 aromatic carbocycles. The Morgan fingerprint density at radius 1 is 0.867 bits per heavy atom. The summed E-state index contributed by atoms with van der Waals surface area (Å²) in [6.07, 6.45) is 0. The largest absolute Gasteiger partial charge is 0.508 e. The number of nitrogens with one attached hydrogen (secondary N) is 2. The summed E-state index contributed by atoms with van der Waals surface area (Å²) in [7, 11) is -2.40. The van der Waals surface area contributed by atoms with Gasteiger partial charge in [-0.3, -0.25) is 4.72 Å². The molecule has 1 aromatic heterocycles. The number of phenols is 1. The van der Waals surface area contributed by atoms with Crippen LogP contribution in [0.1, 0.15) is 0 Å². The minimum absolute atomic E-state index is 0.0125. The summed E-state index contributed by atoms with van der Waals surface area (Å²) in [6, 6.07) is 19.6. The molecule has 0 saturated heterocycles. The van der Waals surface area contributed by atoms with E-state index < -0.39 is 10.0 Å². The Hall–Kier alpha value is -3.85. The van der Waals surface area contributed by atoms with Gasteiger partial charge in [0.15, 0.2) is 11.6 Å². The lowest BCUT2D eigenvalue weighted by Crippen LogP contribution is -2.16. The van der Waals surface area contributed by atoms with E-state index in [0.29, 0.717) is 22.5 Å². The summed E-state index contributed by atoms with van der Waals surface area (Å²) in [5.74, 6) is 0.637. The number of para-hydroxylation sites is 2. The number of aromatic nitrogens is 2. The highest BCUT2D eigenvalue weighted by Gasteiger charge is 2.19. The third kappa shape index (κ3) is 3.96. The Morgan fingerprint density at radius 3 is 2.17 bits per heavy atom. The number of hydrogen-bond acceptors (Lipinski definition) is 7. The fraction of sp³-hybridized carbons (Fsp3) is 0.0476. The Morgan fingerprint density at radius 2 is 1.50 bits per heavy atom. The van der Waals surface area contributed by atoms with Gasteiger partial charge in [0.25, 0.3) is 10.0 Å². The fourth-order valence-electron chi connectivity index (χ4n) is 2.87. The normalized spacial score (nSPS) is 11.2.